The summed E-state index contributed by atoms with van der Waals surface area (Å²) in [6.45, 7) is -0.436. The van der Waals surface area contributed by atoms with E-state index >= 15 is 0 Å². The van der Waals surface area contributed by atoms with Gasteiger partial charge in [0.2, 0.25) is 0 Å². The summed E-state index contributed by atoms with van der Waals surface area (Å²) in [6.07, 6.45) is 0. The maximum atomic E-state index is 6.80. The van der Waals surface area contributed by atoms with Crippen molar-refractivity contribution in [3.63, 3.8) is 0 Å². The van der Waals surface area contributed by atoms with Gasteiger partial charge in [-0.2, -0.15) is 0 Å². The van der Waals surface area contributed by atoms with Crippen molar-refractivity contribution in [3.8, 4) is 100 Å². The second kappa shape index (κ2) is 29.3. The first-order valence-corrected chi connectivity index (χ1v) is 45.0. The average Bonchev–Trinajstić information content (AvgIpc) is 0.744. The topological polar surface area (TPSA) is 29.5 Å². The monoisotopic (exact) mass is 1650 g/mol. The Hall–Kier alpha value is -17.1. The number of hydrogen-bond donors (Lipinski definition) is 0. The van der Waals surface area contributed by atoms with Crippen molar-refractivity contribution >= 4 is 166 Å². The van der Waals surface area contributed by atoms with Gasteiger partial charge in [-0.05, 0) is 242 Å². The van der Waals surface area contributed by atoms with Crippen LogP contribution < -0.4 is 26.2 Å². The molecule has 0 bridgehead atoms. The zero-order valence-corrected chi connectivity index (χ0v) is 70.7. The molecule has 25 aromatic rings. The van der Waals surface area contributed by atoms with Crippen LogP contribution in [0.2, 0.25) is 0 Å². The molecule has 2 aliphatic rings. The van der Waals surface area contributed by atoms with Crippen molar-refractivity contribution in [2.75, 3.05) is 9.80 Å². The number of aromatic nitrogens is 2. The van der Waals surface area contributed by atoms with Gasteiger partial charge < -0.3 is 23.4 Å². The van der Waals surface area contributed by atoms with E-state index < -0.39 is 6.71 Å². The third-order valence-corrected chi connectivity index (χ3v) is 27.8. The fraction of sp³-hybridized carbons (Fsp3) is 0. The van der Waals surface area contributed by atoms with Crippen LogP contribution in [-0.4, -0.2) is 15.8 Å². The van der Waals surface area contributed by atoms with Crippen molar-refractivity contribution in [1.29, 1.82) is 0 Å². The van der Waals surface area contributed by atoms with Gasteiger partial charge in [0.05, 0.1) is 33.4 Å². The van der Waals surface area contributed by atoms with Crippen LogP contribution in [0.15, 0.2) is 472 Å². The summed E-state index contributed by atoms with van der Waals surface area (Å²) < 4.78 is 11.7. The number of fused-ring (bicyclic) bond motifs is 19. The molecule has 602 valence electrons. The van der Waals surface area contributed by atoms with E-state index in [9.17, 15) is 0 Å². The molecule has 0 aliphatic carbocycles. The lowest BCUT2D eigenvalue weighted by atomic mass is 9.33. The van der Waals surface area contributed by atoms with Gasteiger partial charge in [-0.1, -0.05) is 352 Å². The van der Waals surface area contributed by atoms with Crippen molar-refractivity contribution in [2.24, 2.45) is 0 Å². The van der Waals surface area contributed by atoms with Crippen LogP contribution in [0.4, 0.5) is 34.1 Å². The molecular formula is C124H77BN4O. The molecule has 2 aliphatic heterocycles. The third-order valence-electron chi connectivity index (χ3n) is 27.8. The van der Waals surface area contributed by atoms with Crippen molar-refractivity contribution < 1.29 is 4.42 Å². The quantitative estimate of drug-likeness (QED) is 0.0902. The van der Waals surface area contributed by atoms with Crippen LogP contribution in [0, 0.1) is 0 Å². The number of hydrogen-bond acceptors (Lipinski definition) is 3. The first-order chi connectivity index (χ1) is 64.5. The maximum Gasteiger partial charge on any atom is 0.252 e. The Bertz CT molecular complexity index is 8800. The van der Waals surface area contributed by atoms with Gasteiger partial charge in [-0.3, -0.25) is 0 Å². The lowest BCUT2D eigenvalue weighted by Crippen LogP contribution is -2.61. The van der Waals surface area contributed by atoms with E-state index in [4.69, 9.17) is 4.42 Å². The fourth-order valence-electron chi connectivity index (χ4n) is 22.2. The molecule has 0 amide bonds. The lowest BCUT2D eigenvalue weighted by molar-refractivity contribution is 0.669. The fourth-order valence-corrected chi connectivity index (χ4v) is 22.2. The van der Waals surface area contributed by atoms with Gasteiger partial charge in [0, 0.05) is 88.7 Å². The molecule has 0 radical (unpaired) electrons. The van der Waals surface area contributed by atoms with Gasteiger partial charge >= 0.3 is 0 Å². The molecule has 130 heavy (non-hydrogen) atoms. The summed E-state index contributed by atoms with van der Waals surface area (Å²) in [5.41, 5.74) is 36.2. The Labute approximate surface area is 751 Å². The molecule has 0 atom stereocenters. The highest BCUT2D eigenvalue weighted by Crippen LogP contribution is 2.58. The Balaban J connectivity index is 0.845. The van der Waals surface area contributed by atoms with Gasteiger partial charge in [0.1, 0.15) is 11.2 Å². The molecule has 6 heteroatoms. The molecule has 0 unspecified atom stereocenters. The van der Waals surface area contributed by atoms with Gasteiger partial charge in [0.15, 0.2) is 0 Å². The molecule has 0 fully saturated rings. The van der Waals surface area contributed by atoms with E-state index in [1.54, 1.807) is 0 Å². The summed E-state index contributed by atoms with van der Waals surface area (Å²) in [5, 5.41) is 16.4. The average molecular weight is 1650 g/mol. The molecule has 3 aromatic heterocycles. The molecule has 27 rings (SSSR count). The number of benzene rings is 22. The van der Waals surface area contributed by atoms with Crippen molar-refractivity contribution in [2.45, 2.75) is 0 Å². The van der Waals surface area contributed by atoms with Crippen LogP contribution in [0.3, 0.4) is 0 Å². The number of anilines is 6. The smallest absolute Gasteiger partial charge is 0.252 e. The zero-order chi connectivity index (χ0) is 85.2. The SMILES string of the molecule is c1ccc(-c2cc(-c3ccccc3)c(N3c4ccc(-c5cccc6c5c5ccccc5n6-c5ccccc5)cc4B4c5cc(-c6cccc7c6c6ccccc6n7-c6ccccc6)ccc5N(c5c(-c6cc7ccccc7c7ccccc67)cccc5-c5cc6ccccc6c6ccccc56)c5cc(-c6ccc7oc8ccccc8c7c6)cc3c54)c(-c3ccccc3)c2)cc1. The Morgan fingerprint density at radius 3 is 1.05 bits per heavy atom. The highest BCUT2D eigenvalue weighted by Gasteiger charge is 2.47. The second-order valence-electron chi connectivity index (χ2n) is 34.8. The van der Waals surface area contributed by atoms with Crippen LogP contribution in [0.5, 0.6) is 0 Å². The first kappa shape index (κ1) is 73.3. The summed E-state index contributed by atoms with van der Waals surface area (Å²) in [5.74, 6) is 0. The van der Waals surface area contributed by atoms with E-state index in [1.165, 1.54) is 81.0 Å². The van der Waals surface area contributed by atoms with Crippen molar-refractivity contribution in [1.82, 2.24) is 9.13 Å². The van der Waals surface area contributed by atoms with E-state index in [2.05, 4.69) is 486 Å². The van der Waals surface area contributed by atoms with Crippen LogP contribution >= 0.6 is 0 Å². The Morgan fingerprint density at radius 1 is 0.185 bits per heavy atom. The van der Waals surface area contributed by atoms with Crippen molar-refractivity contribution in [3.05, 3.63) is 467 Å². The number of para-hydroxylation sites is 6. The maximum absolute atomic E-state index is 6.80. The van der Waals surface area contributed by atoms with Gasteiger partial charge in [-0.25, -0.2) is 0 Å². The van der Waals surface area contributed by atoms with Crippen LogP contribution in [-0.2, 0) is 0 Å². The molecule has 0 N–H and O–H groups in total. The first-order valence-electron chi connectivity index (χ1n) is 45.0. The molecule has 22 aromatic carbocycles. The summed E-state index contributed by atoms with van der Waals surface area (Å²) >= 11 is 0. The molecular weight excluding hydrogens is 1570 g/mol. The minimum atomic E-state index is -0.436. The summed E-state index contributed by atoms with van der Waals surface area (Å²) in [4.78, 5) is 5.48. The minimum absolute atomic E-state index is 0.436. The molecule has 5 nitrogen and oxygen atoms in total. The molecule has 5 heterocycles. The van der Waals surface area contributed by atoms with Crippen LogP contribution in [0.25, 0.3) is 209 Å². The second-order valence-corrected chi connectivity index (χ2v) is 34.8. The predicted octanol–water partition coefficient (Wildman–Crippen LogP) is 31.8. The molecule has 0 saturated heterocycles. The van der Waals surface area contributed by atoms with E-state index in [0.717, 1.165) is 179 Å². The number of rotatable bonds is 12. The van der Waals surface area contributed by atoms with Crippen LogP contribution in [0.1, 0.15) is 0 Å². The summed E-state index contributed by atoms with van der Waals surface area (Å²) in [6, 6.07) is 176. The van der Waals surface area contributed by atoms with E-state index in [1.807, 2.05) is 0 Å². The lowest BCUT2D eigenvalue weighted by Gasteiger charge is -2.46. The third kappa shape index (κ3) is 11.3. The zero-order valence-electron chi connectivity index (χ0n) is 70.7. The highest BCUT2D eigenvalue weighted by molar-refractivity contribution is 7.00. The standard InChI is InChI=1S/C124H77BN4O/c1-6-33-78(34-7-1)86-72-103(79-35-8-2-9-36-79)124(104(73-86)80-37-10-3-11-38-80)129-113-67-64-85(93-55-32-61-115-121(93)102-53-25-28-59-111(102)127(115)89-43-14-5-15-44-89)75-109(113)125-108-74-84(92-54-31-60-114-120(92)101-52-24-27-58-110(101)126(114)88-41-12-4-13-42-88)63-66-112(108)128(116-76-87(77-117(129)122(116)125)81-65-68-119-107(69-81)98-51-26-29-62-118(98)130-119)123-99(105-70-82-39-16-18-45-90(82)94-47-20-22-49-96(94)105)56-30-57-100(123)106-71-83-40-17-19-46-91(83)95-48-21-23-50-97(95)106/h1-77H. The normalized spacial score (nSPS) is 12.4. The predicted molar refractivity (Wildman–Crippen MR) is 550 cm³/mol. The minimum Gasteiger partial charge on any atom is -0.456 e. The molecule has 0 spiro atoms. The summed E-state index contributed by atoms with van der Waals surface area (Å²) in [7, 11) is 0. The van der Waals surface area contributed by atoms with Gasteiger partial charge in [-0.15, -0.1) is 0 Å². The largest absolute Gasteiger partial charge is 0.456 e. The Kier molecular flexibility index (Phi) is 16.5. The van der Waals surface area contributed by atoms with E-state index in [-0.39, 0.29) is 0 Å². The number of nitrogens with zero attached hydrogens (tertiary/aromatic N) is 4. The van der Waals surface area contributed by atoms with E-state index in [0.29, 0.717) is 0 Å². The molecule has 0 saturated carbocycles. The number of furan rings is 1. The highest BCUT2D eigenvalue weighted by atomic mass is 16.3. The van der Waals surface area contributed by atoms with Gasteiger partial charge in [0.25, 0.3) is 6.71 Å². The Morgan fingerprint density at radius 2 is 0.554 bits per heavy atom.